The molecule has 0 radical (unpaired) electrons. The highest BCUT2D eigenvalue weighted by atomic mass is 16.2. The number of likely N-dealkylation sites (tertiary alicyclic amines) is 1. The van der Waals surface area contributed by atoms with Crippen molar-refractivity contribution in [3.63, 3.8) is 0 Å². The summed E-state index contributed by atoms with van der Waals surface area (Å²) in [6.45, 7) is 3.69. The molecular formula is C12H21N3O. The summed E-state index contributed by atoms with van der Waals surface area (Å²) in [4.78, 5) is 15.9. The normalized spacial score (nSPS) is 26.9. The average Bonchev–Trinajstić information content (AvgIpc) is 2.59. The van der Waals surface area contributed by atoms with Gasteiger partial charge in [0.1, 0.15) is 0 Å². The van der Waals surface area contributed by atoms with E-state index in [-0.39, 0.29) is 5.91 Å². The predicted molar refractivity (Wildman–Crippen MR) is 64.6 cm³/mol. The Kier molecular flexibility index (Phi) is 4.34. The van der Waals surface area contributed by atoms with E-state index in [9.17, 15) is 4.79 Å². The second kappa shape index (κ2) is 5.33. The smallest absolute Gasteiger partial charge is 0.240 e. The summed E-state index contributed by atoms with van der Waals surface area (Å²) in [6.07, 6.45) is 5.48. The van der Waals surface area contributed by atoms with E-state index in [2.05, 4.69) is 17.7 Å². The lowest BCUT2D eigenvalue weighted by molar-refractivity contribution is -0.131. The van der Waals surface area contributed by atoms with Crippen LogP contribution in [0, 0.1) is 18.3 Å². The highest BCUT2D eigenvalue weighted by molar-refractivity contribution is 5.82. The third-order valence-corrected chi connectivity index (χ3v) is 3.20. The van der Waals surface area contributed by atoms with Gasteiger partial charge in [0, 0.05) is 25.6 Å². The molecule has 0 spiro atoms. The van der Waals surface area contributed by atoms with Gasteiger partial charge in [-0.05, 0) is 20.0 Å². The molecule has 4 nitrogen and oxygen atoms in total. The first-order valence-electron chi connectivity index (χ1n) is 5.61. The van der Waals surface area contributed by atoms with Gasteiger partial charge in [0.15, 0.2) is 0 Å². The minimum absolute atomic E-state index is 0.0193. The molecule has 1 aliphatic heterocycles. The fourth-order valence-electron chi connectivity index (χ4n) is 2.25. The summed E-state index contributed by atoms with van der Waals surface area (Å²) >= 11 is 0. The second-order valence-corrected chi connectivity index (χ2v) is 4.77. The highest BCUT2D eigenvalue weighted by Crippen LogP contribution is 2.20. The zero-order chi connectivity index (χ0) is 12.3. The minimum atomic E-state index is -0.543. The van der Waals surface area contributed by atoms with Gasteiger partial charge in [0.25, 0.3) is 0 Å². The Morgan fingerprint density at radius 3 is 2.69 bits per heavy atom. The summed E-state index contributed by atoms with van der Waals surface area (Å²) in [5.74, 6) is 2.90. The third kappa shape index (κ3) is 2.75. The van der Waals surface area contributed by atoms with Gasteiger partial charge in [-0.3, -0.25) is 4.79 Å². The number of hydrogen-bond donors (Lipinski definition) is 1. The lowest BCUT2D eigenvalue weighted by Crippen LogP contribution is -2.43. The SMILES string of the molecule is C#CCC(N)C(=O)N1CC(C)C(N(C)C)C1. The molecule has 3 atom stereocenters. The Balaban J connectivity index is 2.58. The van der Waals surface area contributed by atoms with Crippen molar-refractivity contribution < 1.29 is 4.79 Å². The quantitative estimate of drug-likeness (QED) is 0.671. The summed E-state index contributed by atoms with van der Waals surface area (Å²) in [5.41, 5.74) is 5.73. The third-order valence-electron chi connectivity index (χ3n) is 3.20. The van der Waals surface area contributed by atoms with Gasteiger partial charge in [-0.2, -0.15) is 0 Å². The standard InChI is InChI=1S/C12H21N3O/c1-5-6-10(13)12(16)15-7-9(2)11(8-15)14(3)4/h1,9-11H,6-8,13H2,2-4H3. The molecule has 1 aliphatic rings. The van der Waals surface area contributed by atoms with Crippen molar-refractivity contribution >= 4 is 5.91 Å². The largest absolute Gasteiger partial charge is 0.339 e. The van der Waals surface area contributed by atoms with Crippen LogP contribution in [0.4, 0.5) is 0 Å². The predicted octanol–water partition coefficient (Wildman–Crippen LogP) is -0.254. The molecular weight excluding hydrogens is 202 g/mol. The zero-order valence-electron chi connectivity index (χ0n) is 10.3. The topological polar surface area (TPSA) is 49.6 Å². The maximum Gasteiger partial charge on any atom is 0.240 e. The van der Waals surface area contributed by atoms with E-state index >= 15 is 0 Å². The molecule has 1 saturated heterocycles. The fourth-order valence-corrected chi connectivity index (χ4v) is 2.25. The van der Waals surface area contributed by atoms with E-state index < -0.39 is 6.04 Å². The minimum Gasteiger partial charge on any atom is -0.339 e. The van der Waals surface area contributed by atoms with E-state index in [1.807, 2.05) is 19.0 Å². The molecule has 0 aromatic carbocycles. The number of amides is 1. The number of terminal acetylenes is 1. The summed E-state index contributed by atoms with van der Waals surface area (Å²) in [7, 11) is 4.08. The highest BCUT2D eigenvalue weighted by Gasteiger charge is 2.34. The zero-order valence-corrected chi connectivity index (χ0v) is 10.3. The van der Waals surface area contributed by atoms with Gasteiger partial charge in [0.2, 0.25) is 5.91 Å². The first-order valence-corrected chi connectivity index (χ1v) is 5.61. The van der Waals surface area contributed by atoms with Crippen LogP contribution in [0.15, 0.2) is 0 Å². The molecule has 4 heteroatoms. The molecule has 90 valence electrons. The number of carbonyl (C=O) groups is 1. The number of hydrogen-bond acceptors (Lipinski definition) is 3. The Bertz CT molecular complexity index is 295. The molecule has 1 amide bonds. The molecule has 0 saturated carbocycles. The van der Waals surface area contributed by atoms with Crippen LogP contribution >= 0.6 is 0 Å². The number of carbonyl (C=O) groups excluding carboxylic acids is 1. The molecule has 1 fully saturated rings. The lowest BCUT2D eigenvalue weighted by Gasteiger charge is -2.23. The molecule has 0 aromatic heterocycles. The van der Waals surface area contributed by atoms with Gasteiger partial charge in [-0.1, -0.05) is 6.92 Å². The van der Waals surface area contributed by atoms with E-state index in [1.165, 1.54) is 0 Å². The van der Waals surface area contributed by atoms with Crippen LogP contribution in [0.5, 0.6) is 0 Å². The lowest BCUT2D eigenvalue weighted by atomic mass is 10.1. The molecule has 0 aliphatic carbocycles. The van der Waals surface area contributed by atoms with Gasteiger partial charge >= 0.3 is 0 Å². The fraction of sp³-hybridized carbons (Fsp3) is 0.750. The molecule has 3 unspecified atom stereocenters. The van der Waals surface area contributed by atoms with Crippen molar-refractivity contribution in [2.24, 2.45) is 11.7 Å². The van der Waals surface area contributed by atoms with Crippen LogP contribution < -0.4 is 5.73 Å². The molecule has 0 bridgehead atoms. The average molecular weight is 223 g/mol. The summed E-state index contributed by atoms with van der Waals surface area (Å²) < 4.78 is 0. The number of likely N-dealkylation sites (N-methyl/N-ethyl adjacent to an activating group) is 1. The van der Waals surface area contributed by atoms with Gasteiger partial charge < -0.3 is 15.5 Å². The van der Waals surface area contributed by atoms with E-state index in [4.69, 9.17) is 12.2 Å². The van der Waals surface area contributed by atoms with Crippen molar-refractivity contribution in [3.8, 4) is 12.3 Å². The van der Waals surface area contributed by atoms with Crippen LogP contribution in [0.1, 0.15) is 13.3 Å². The first kappa shape index (κ1) is 13.0. The second-order valence-electron chi connectivity index (χ2n) is 4.77. The molecule has 0 aromatic rings. The van der Waals surface area contributed by atoms with E-state index in [0.29, 0.717) is 18.4 Å². The Morgan fingerprint density at radius 1 is 1.62 bits per heavy atom. The van der Waals surface area contributed by atoms with Crippen LogP contribution in [0.2, 0.25) is 0 Å². The van der Waals surface area contributed by atoms with Gasteiger partial charge in [0.05, 0.1) is 6.04 Å². The number of nitrogens with two attached hydrogens (primary N) is 1. The van der Waals surface area contributed by atoms with Crippen LogP contribution in [0.3, 0.4) is 0 Å². The molecule has 16 heavy (non-hydrogen) atoms. The van der Waals surface area contributed by atoms with Gasteiger partial charge in [-0.25, -0.2) is 0 Å². The monoisotopic (exact) mass is 223 g/mol. The van der Waals surface area contributed by atoms with Crippen molar-refractivity contribution in [2.75, 3.05) is 27.2 Å². The van der Waals surface area contributed by atoms with Gasteiger partial charge in [-0.15, -0.1) is 12.3 Å². The van der Waals surface area contributed by atoms with Crippen molar-refractivity contribution in [1.82, 2.24) is 9.80 Å². The Hall–Kier alpha value is -1.05. The number of nitrogens with zero attached hydrogens (tertiary/aromatic N) is 2. The molecule has 1 rings (SSSR count). The summed E-state index contributed by atoms with van der Waals surface area (Å²) in [6, 6.07) is -0.125. The number of rotatable bonds is 3. The maximum atomic E-state index is 11.9. The van der Waals surface area contributed by atoms with E-state index in [0.717, 1.165) is 13.1 Å². The summed E-state index contributed by atoms with van der Waals surface area (Å²) in [5, 5.41) is 0. The molecule has 1 heterocycles. The Labute approximate surface area is 97.8 Å². The van der Waals surface area contributed by atoms with E-state index in [1.54, 1.807) is 0 Å². The van der Waals surface area contributed by atoms with Crippen LogP contribution in [0.25, 0.3) is 0 Å². The van der Waals surface area contributed by atoms with Crippen molar-refractivity contribution in [3.05, 3.63) is 0 Å². The maximum absolute atomic E-state index is 11.9. The molecule has 2 N–H and O–H groups in total. The van der Waals surface area contributed by atoms with Crippen molar-refractivity contribution in [2.45, 2.75) is 25.4 Å². The van der Waals surface area contributed by atoms with Crippen LogP contribution in [-0.2, 0) is 4.79 Å². The Morgan fingerprint density at radius 2 is 2.25 bits per heavy atom. The first-order chi connectivity index (χ1) is 7.47. The van der Waals surface area contributed by atoms with Crippen LogP contribution in [-0.4, -0.2) is 55.0 Å². The van der Waals surface area contributed by atoms with Crippen molar-refractivity contribution in [1.29, 1.82) is 0 Å².